The molecule has 0 saturated heterocycles. The van der Waals surface area contributed by atoms with Gasteiger partial charge in [-0.3, -0.25) is 37.3 Å². The molecule has 0 heterocycles. The molecule has 101 heavy (non-hydrogen) atoms. The maximum atomic E-state index is 13.1. The lowest BCUT2D eigenvalue weighted by Gasteiger charge is -2.21. The van der Waals surface area contributed by atoms with Gasteiger partial charge in [0.15, 0.2) is 12.2 Å². The number of aliphatic hydroxyl groups is 1. The summed E-state index contributed by atoms with van der Waals surface area (Å²) in [6.45, 7) is 7.37. The van der Waals surface area contributed by atoms with Crippen LogP contribution < -0.4 is 0 Å². The van der Waals surface area contributed by atoms with E-state index in [0.717, 1.165) is 95.8 Å². The van der Waals surface area contributed by atoms with Gasteiger partial charge in [-0.2, -0.15) is 0 Å². The summed E-state index contributed by atoms with van der Waals surface area (Å²) in [6, 6.07) is 0. The second kappa shape index (κ2) is 74.9. The SMILES string of the molecule is CCCCCCCCCCCCCCCCCCCC(=O)OC[C@H](COP(=O)(O)OC[C@@H](O)COP(=O)(O)OC[C@@H](COC(=O)CCCCCCCCCCCCCCC)OC(=O)CCCCCCCCCCCCCCCC)OC(=O)CCCCCCCCCCCCCCCCC(C)C. The van der Waals surface area contributed by atoms with E-state index in [9.17, 15) is 43.2 Å². The number of unbranched alkanes of at least 4 members (excludes halogenated alkanes) is 54. The van der Waals surface area contributed by atoms with Gasteiger partial charge in [0.25, 0.3) is 0 Å². The van der Waals surface area contributed by atoms with Gasteiger partial charge in [0.2, 0.25) is 0 Å². The van der Waals surface area contributed by atoms with Gasteiger partial charge in [0.05, 0.1) is 26.4 Å². The Bertz CT molecular complexity index is 1930. The van der Waals surface area contributed by atoms with Crippen LogP contribution in [0.25, 0.3) is 0 Å². The molecular weight excluding hydrogens is 1320 g/mol. The molecule has 0 aliphatic heterocycles. The van der Waals surface area contributed by atoms with Crippen LogP contribution in [0.15, 0.2) is 0 Å². The van der Waals surface area contributed by atoms with E-state index in [2.05, 4.69) is 34.6 Å². The normalized spacial score (nSPS) is 13.8. The lowest BCUT2D eigenvalue weighted by molar-refractivity contribution is -0.161. The monoisotopic (exact) mass is 1480 g/mol. The molecule has 17 nitrogen and oxygen atoms in total. The Morgan fingerprint density at radius 2 is 0.455 bits per heavy atom. The standard InChI is InChI=1S/C82H160O17P2/c1-6-9-12-15-18-21-24-27-29-30-31-37-41-46-51-56-61-66-80(85)93-72-78(99-82(87)68-63-58-53-48-43-38-33-32-35-39-44-49-54-59-64-75(4)5)74-97-101(90,91)95-70-76(83)69-94-100(88,89)96-73-77(71-92-79(84)65-60-55-50-45-40-34-26-23-20-17-14-11-8-3)98-81(86)67-62-57-52-47-42-36-28-25-22-19-16-13-10-7-2/h75-78,83H,6-74H2,1-5H3,(H,88,89)(H,90,91)/t76-,77+,78+/m0/s1. The maximum Gasteiger partial charge on any atom is 0.472 e. The predicted octanol–water partition coefficient (Wildman–Crippen LogP) is 24.8. The zero-order valence-corrected chi connectivity index (χ0v) is 67.8. The van der Waals surface area contributed by atoms with E-state index in [4.69, 9.17) is 37.0 Å². The van der Waals surface area contributed by atoms with Gasteiger partial charge in [-0.1, -0.05) is 388 Å². The van der Waals surface area contributed by atoms with E-state index in [-0.39, 0.29) is 25.7 Å². The summed E-state index contributed by atoms with van der Waals surface area (Å²) in [5, 5.41) is 10.7. The predicted molar refractivity (Wildman–Crippen MR) is 414 cm³/mol. The Hall–Kier alpha value is -1.94. The number of esters is 4. The number of hydrogen-bond donors (Lipinski definition) is 3. The molecule has 0 saturated carbocycles. The van der Waals surface area contributed by atoms with Gasteiger partial charge in [-0.05, 0) is 31.6 Å². The third-order valence-corrected chi connectivity index (χ3v) is 21.2. The molecule has 0 aliphatic rings. The van der Waals surface area contributed by atoms with E-state index in [1.165, 1.54) is 263 Å². The van der Waals surface area contributed by atoms with Crippen molar-refractivity contribution in [3.05, 3.63) is 0 Å². The van der Waals surface area contributed by atoms with E-state index in [1.807, 2.05) is 0 Å². The summed E-state index contributed by atoms with van der Waals surface area (Å²) in [5.41, 5.74) is 0. The minimum Gasteiger partial charge on any atom is -0.462 e. The summed E-state index contributed by atoms with van der Waals surface area (Å²) in [4.78, 5) is 73.1. The van der Waals surface area contributed by atoms with Crippen molar-refractivity contribution >= 4 is 39.5 Å². The van der Waals surface area contributed by atoms with E-state index in [0.29, 0.717) is 25.7 Å². The topological polar surface area (TPSA) is 237 Å². The number of aliphatic hydroxyl groups excluding tert-OH is 1. The summed E-state index contributed by atoms with van der Waals surface area (Å²) in [6.07, 6.45) is 66.4. The molecule has 0 rings (SSSR count). The van der Waals surface area contributed by atoms with Gasteiger partial charge in [0, 0.05) is 25.7 Å². The smallest absolute Gasteiger partial charge is 0.462 e. The van der Waals surface area contributed by atoms with Crippen molar-refractivity contribution in [3.8, 4) is 0 Å². The van der Waals surface area contributed by atoms with Crippen molar-refractivity contribution in [2.75, 3.05) is 39.6 Å². The van der Waals surface area contributed by atoms with Crippen molar-refractivity contribution in [1.29, 1.82) is 0 Å². The number of rotatable bonds is 82. The first-order valence-electron chi connectivity index (χ1n) is 42.6. The molecule has 0 bridgehead atoms. The molecule has 3 N–H and O–H groups in total. The molecule has 2 unspecified atom stereocenters. The second-order valence-corrected chi connectivity index (χ2v) is 32.9. The van der Waals surface area contributed by atoms with Crippen LogP contribution in [0.5, 0.6) is 0 Å². The van der Waals surface area contributed by atoms with Crippen LogP contribution >= 0.6 is 15.6 Å². The maximum absolute atomic E-state index is 13.1. The fourth-order valence-corrected chi connectivity index (χ4v) is 14.3. The first kappa shape index (κ1) is 99.1. The van der Waals surface area contributed by atoms with Crippen LogP contribution in [0, 0.1) is 5.92 Å². The van der Waals surface area contributed by atoms with E-state index < -0.39 is 97.5 Å². The van der Waals surface area contributed by atoms with Gasteiger partial charge in [0.1, 0.15) is 19.3 Å². The molecule has 0 radical (unpaired) electrons. The van der Waals surface area contributed by atoms with E-state index in [1.54, 1.807) is 0 Å². The molecule has 5 atom stereocenters. The molecule has 19 heteroatoms. The van der Waals surface area contributed by atoms with Gasteiger partial charge in [-0.15, -0.1) is 0 Å². The minimum absolute atomic E-state index is 0.109. The number of hydrogen-bond acceptors (Lipinski definition) is 15. The molecule has 0 amide bonds. The molecule has 0 aromatic rings. The Morgan fingerprint density at radius 1 is 0.267 bits per heavy atom. The summed E-state index contributed by atoms with van der Waals surface area (Å²) in [7, 11) is -9.92. The van der Waals surface area contributed by atoms with Crippen LogP contribution in [0.2, 0.25) is 0 Å². The Balaban J connectivity index is 5.26. The first-order chi connectivity index (χ1) is 49.0. The second-order valence-electron chi connectivity index (χ2n) is 30.0. The summed E-state index contributed by atoms with van der Waals surface area (Å²) < 4.78 is 68.8. The fraction of sp³-hybridized carbons (Fsp3) is 0.951. The highest BCUT2D eigenvalue weighted by Gasteiger charge is 2.30. The van der Waals surface area contributed by atoms with Crippen molar-refractivity contribution in [2.45, 2.75) is 457 Å². The lowest BCUT2D eigenvalue weighted by atomic mass is 10.0. The third-order valence-electron chi connectivity index (χ3n) is 19.3. The van der Waals surface area contributed by atoms with Crippen molar-refractivity contribution in [2.24, 2.45) is 5.92 Å². The lowest BCUT2D eigenvalue weighted by Crippen LogP contribution is -2.30. The van der Waals surface area contributed by atoms with Crippen molar-refractivity contribution < 1.29 is 80.2 Å². The molecular formula is C82H160O17P2. The van der Waals surface area contributed by atoms with Crippen LogP contribution in [0.4, 0.5) is 0 Å². The molecule has 0 spiro atoms. The van der Waals surface area contributed by atoms with Gasteiger partial charge in [-0.25, -0.2) is 9.13 Å². The highest BCUT2D eigenvalue weighted by Crippen LogP contribution is 2.45. The van der Waals surface area contributed by atoms with Crippen LogP contribution in [0.1, 0.15) is 439 Å². The summed E-state index contributed by atoms with van der Waals surface area (Å²) in [5.74, 6) is -1.31. The highest BCUT2D eigenvalue weighted by molar-refractivity contribution is 7.47. The van der Waals surface area contributed by atoms with Crippen molar-refractivity contribution in [3.63, 3.8) is 0 Å². The number of carbonyl (C=O) groups is 4. The Kier molecular flexibility index (Phi) is 73.5. The molecule has 600 valence electrons. The van der Waals surface area contributed by atoms with Crippen molar-refractivity contribution in [1.82, 2.24) is 0 Å². The zero-order chi connectivity index (χ0) is 74.1. The minimum atomic E-state index is -4.96. The Labute approximate surface area is 619 Å². The van der Waals surface area contributed by atoms with Crippen LogP contribution in [-0.4, -0.2) is 96.7 Å². The number of phosphoric ester groups is 2. The molecule has 0 aromatic heterocycles. The Morgan fingerprint density at radius 3 is 0.673 bits per heavy atom. The first-order valence-corrected chi connectivity index (χ1v) is 45.6. The average molecular weight is 1480 g/mol. The van der Waals surface area contributed by atoms with Gasteiger partial charge < -0.3 is 33.8 Å². The molecule has 0 fully saturated rings. The fourth-order valence-electron chi connectivity index (χ4n) is 12.8. The van der Waals surface area contributed by atoms with Crippen LogP contribution in [-0.2, 0) is 65.4 Å². The highest BCUT2D eigenvalue weighted by atomic mass is 31.2. The largest absolute Gasteiger partial charge is 0.472 e. The van der Waals surface area contributed by atoms with Crippen LogP contribution in [0.3, 0.4) is 0 Å². The number of ether oxygens (including phenoxy) is 4. The van der Waals surface area contributed by atoms with Gasteiger partial charge >= 0.3 is 39.5 Å². The third kappa shape index (κ3) is 76.1. The zero-order valence-electron chi connectivity index (χ0n) is 66.1. The summed E-state index contributed by atoms with van der Waals surface area (Å²) >= 11 is 0. The number of phosphoric acid groups is 2. The molecule has 0 aliphatic carbocycles. The molecule has 0 aromatic carbocycles. The van der Waals surface area contributed by atoms with E-state index >= 15 is 0 Å². The number of carbonyl (C=O) groups excluding carboxylic acids is 4. The quantitative estimate of drug-likeness (QED) is 0.0222. The average Bonchev–Trinajstić information content (AvgIpc) is 0.937.